The number of likely N-dealkylation sites (N-methyl/N-ethyl adjacent to an activating group) is 2. The van der Waals surface area contributed by atoms with Crippen LogP contribution in [0.2, 0.25) is 0 Å². The van der Waals surface area contributed by atoms with Gasteiger partial charge in [0.25, 0.3) is 0 Å². The van der Waals surface area contributed by atoms with Gasteiger partial charge in [-0.2, -0.15) is 0 Å². The van der Waals surface area contributed by atoms with E-state index >= 15 is 0 Å². The van der Waals surface area contributed by atoms with E-state index in [9.17, 15) is 4.79 Å². The lowest BCUT2D eigenvalue weighted by molar-refractivity contribution is -0.121. The van der Waals surface area contributed by atoms with Crippen molar-refractivity contribution >= 4 is 11.6 Å². The second-order valence-corrected chi connectivity index (χ2v) is 4.15. The van der Waals surface area contributed by atoms with Crippen LogP contribution in [0.5, 0.6) is 5.75 Å². The molecule has 5 nitrogen and oxygen atoms in total. The number of nitrogens with zero attached hydrogens (tertiary/aromatic N) is 1. The average Bonchev–Trinajstić information content (AvgIpc) is 2.36. The standard InChI is InChI=1S/C13H21N3O2/c1-15-13(17)10-16(2)8-5-9-18-12-7-4-3-6-11(12)14/h3-4,6-7H,5,8-10,14H2,1-2H3,(H,15,17). The zero-order valence-corrected chi connectivity index (χ0v) is 11.0. The van der Waals surface area contributed by atoms with Gasteiger partial charge in [-0.05, 0) is 25.6 Å². The highest BCUT2D eigenvalue weighted by atomic mass is 16.5. The first-order valence-corrected chi connectivity index (χ1v) is 6.00. The zero-order valence-electron chi connectivity index (χ0n) is 11.0. The molecular weight excluding hydrogens is 230 g/mol. The minimum absolute atomic E-state index is 0.0192. The topological polar surface area (TPSA) is 67.6 Å². The van der Waals surface area contributed by atoms with Gasteiger partial charge in [-0.1, -0.05) is 12.1 Å². The molecule has 0 aromatic heterocycles. The van der Waals surface area contributed by atoms with E-state index in [2.05, 4.69) is 5.32 Å². The summed E-state index contributed by atoms with van der Waals surface area (Å²) in [6.45, 7) is 1.80. The molecule has 0 spiro atoms. The van der Waals surface area contributed by atoms with Crippen LogP contribution in [0.15, 0.2) is 24.3 Å². The number of para-hydroxylation sites is 2. The van der Waals surface area contributed by atoms with Gasteiger partial charge in [-0.3, -0.25) is 9.69 Å². The molecule has 0 fully saturated rings. The van der Waals surface area contributed by atoms with Crippen LogP contribution >= 0.6 is 0 Å². The molecule has 1 amide bonds. The molecule has 18 heavy (non-hydrogen) atoms. The second-order valence-electron chi connectivity index (χ2n) is 4.15. The number of anilines is 1. The highest BCUT2D eigenvalue weighted by Gasteiger charge is 2.04. The number of hydrogen-bond donors (Lipinski definition) is 2. The van der Waals surface area contributed by atoms with Crippen molar-refractivity contribution in [2.75, 3.05) is 39.5 Å². The quantitative estimate of drug-likeness (QED) is 0.553. The molecule has 0 atom stereocenters. The molecule has 100 valence electrons. The first-order valence-electron chi connectivity index (χ1n) is 6.00. The van der Waals surface area contributed by atoms with E-state index in [0.29, 0.717) is 24.6 Å². The Morgan fingerprint density at radius 1 is 1.44 bits per heavy atom. The van der Waals surface area contributed by atoms with Gasteiger partial charge in [0.15, 0.2) is 0 Å². The summed E-state index contributed by atoms with van der Waals surface area (Å²) >= 11 is 0. The molecule has 1 rings (SSSR count). The van der Waals surface area contributed by atoms with E-state index in [0.717, 1.165) is 13.0 Å². The Labute approximate surface area is 108 Å². The Bertz CT molecular complexity index is 382. The monoisotopic (exact) mass is 251 g/mol. The van der Waals surface area contributed by atoms with Crippen molar-refractivity contribution in [3.05, 3.63) is 24.3 Å². The lowest BCUT2D eigenvalue weighted by atomic mass is 10.3. The molecule has 0 heterocycles. The van der Waals surface area contributed by atoms with Gasteiger partial charge in [-0.15, -0.1) is 0 Å². The molecule has 0 radical (unpaired) electrons. The van der Waals surface area contributed by atoms with Crippen LogP contribution in [-0.2, 0) is 4.79 Å². The molecule has 0 saturated carbocycles. The van der Waals surface area contributed by atoms with Crippen molar-refractivity contribution in [2.24, 2.45) is 0 Å². The summed E-state index contributed by atoms with van der Waals surface area (Å²) in [6.07, 6.45) is 0.849. The fourth-order valence-corrected chi connectivity index (χ4v) is 1.53. The van der Waals surface area contributed by atoms with Crippen LogP contribution in [0.3, 0.4) is 0 Å². The first-order chi connectivity index (χ1) is 8.63. The van der Waals surface area contributed by atoms with Gasteiger partial charge >= 0.3 is 0 Å². The van der Waals surface area contributed by atoms with E-state index in [1.807, 2.05) is 36.2 Å². The number of ether oxygens (including phenoxy) is 1. The molecule has 1 aromatic rings. The van der Waals surface area contributed by atoms with E-state index in [1.54, 1.807) is 7.05 Å². The molecule has 0 aliphatic heterocycles. The van der Waals surface area contributed by atoms with Crippen molar-refractivity contribution in [1.29, 1.82) is 0 Å². The van der Waals surface area contributed by atoms with Crippen LogP contribution in [0.1, 0.15) is 6.42 Å². The molecule has 1 aromatic carbocycles. The number of carbonyl (C=O) groups is 1. The maximum absolute atomic E-state index is 11.1. The Morgan fingerprint density at radius 3 is 2.83 bits per heavy atom. The van der Waals surface area contributed by atoms with Gasteiger partial charge in [0, 0.05) is 13.6 Å². The van der Waals surface area contributed by atoms with Crippen molar-refractivity contribution in [3.8, 4) is 5.75 Å². The predicted molar refractivity (Wildman–Crippen MR) is 72.5 cm³/mol. The largest absolute Gasteiger partial charge is 0.491 e. The molecule has 3 N–H and O–H groups in total. The van der Waals surface area contributed by atoms with E-state index in [4.69, 9.17) is 10.5 Å². The third-order valence-electron chi connectivity index (χ3n) is 2.55. The van der Waals surface area contributed by atoms with Crippen LogP contribution < -0.4 is 15.8 Å². The number of nitrogens with two attached hydrogens (primary N) is 1. The van der Waals surface area contributed by atoms with Gasteiger partial charge in [0.1, 0.15) is 5.75 Å². The summed E-state index contributed by atoms with van der Waals surface area (Å²) in [4.78, 5) is 13.1. The maximum Gasteiger partial charge on any atom is 0.233 e. The molecular formula is C13H21N3O2. The minimum atomic E-state index is 0.0192. The summed E-state index contributed by atoms with van der Waals surface area (Å²) in [5, 5.41) is 2.59. The number of carbonyl (C=O) groups excluding carboxylic acids is 1. The molecule has 5 heteroatoms. The smallest absolute Gasteiger partial charge is 0.233 e. The Balaban J connectivity index is 2.19. The fourth-order valence-electron chi connectivity index (χ4n) is 1.53. The Morgan fingerprint density at radius 2 is 2.17 bits per heavy atom. The number of amides is 1. The van der Waals surface area contributed by atoms with Gasteiger partial charge in [-0.25, -0.2) is 0 Å². The number of benzene rings is 1. The van der Waals surface area contributed by atoms with Crippen molar-refractivity contribution in [2.45, 2.75) is 6.42 Å². The summed E-state index contributed by atoms with van der Waals surface area (Å²) < 4.78 is 5.57. The normalized spacial score (nSPS) is 10.4. The van der Waals surface area contributed by atoms with E-state index in [-0.39, 0.29) is 5.91 Å². The third-order valence-corrected chi connectivity index (χ3v) is 2.55. The third kappa shape index (κ3) is 5.05. The van der Waals surface area contributed by atoms with Crippen molar-refractivity contribution < 1.29 is 9.53 Å². The highest BCUT2D eigenvalue weighted by molar-refractivity contribution is 5.77. The number of rotatable bonds is 7. The van der Waals surface area contributed by atoms with Crippen LogP contribution in [0.25, 0.3) is 0 Å². The maximum atomic E-state index is 11.1. The lowest BCUT2D eigenvalue weighted by Gasteiger charge is -2.15. The highest BCUT2D eigenvalue weighted by Crippen LogP contribution is 2.19. The van der Waals surface area contributed by atoms with Crippen LogP contribution in [0, 0.1) is 0 Å². The van der Waals surface area contributed by atoms with Crippen molar-refractivity contribution in [1.82, 2.24) is 10.2 Å². The average molecular weight is 251 g/mol. The van der Waals surface area contributed by atoms with Gasteiger partial charge < -0.3 is 15.8 Å². The molecule has 0 saturated heterocycles. The van der Waals surface area contributed by atoms with Gasteiger partial charge in [0.2, 0.25) is 5.91 Å². The fraction of sp³-hybridized carbons (Fsp3) is 0.462. The first kappa shape index (κ1) is 14.3. The Kier molecular flexibility index (Phi) is 6.00. The predicted octanol–water partition coefficient (Wildman–Crippen LogP) is 0.715. The van der Waals surface area contributed by atoms with Crippen molar-refractivity contribution in [3.63, 3.8) is 0 Å². The number of hydrogen-bond acceptors (Lipinski definition) is 4. The lowest BCUT2D eigenvalue weighted by Crippen LogP contribution is -2.33. The number of nitrogens with one attached hydrogen (secondary N) is 1. The Hall–Kier alpha value is -1.75. The van der Waals surface area contributed by atoms with Gasteiger partial charge in [0.05, 0.1) is 18.8 Å². The number of nitrogen functional groups attached to an aromatic ring is 1. The SMILES string of the molecule is CNC(=O)CN(C)CCCOc1ccccc1N. The molecule has 0 bridgehead atoms. The van der Waals surface area contributed by atoms with E-state index in [1.165, 1.54) is 0 Å². The summed E-state index contributed by atoms with van der Waals surface area (Å²) in [5.41, 5.74) is 6.41. The molecule has 0 aliphatic rings. The summed E-state index contributed by atoms with van der Waals surface area (Å²) in [7, 11) is 3.55. The summed E-state index contributed by atoms with van der Waals surface area (Å²) in [5.74, 6) is 0.733. The second kappa shape index (κ2) is 7.55. The van der Waals surface area contributed by atoms with Crippen LogP contribution in [0.4, 0.5) is 5.69 Å². The summed E-state index contributed by atoms with van der Waals surface area (Å²) in [6, 6.07) is 7.43. The molecule has 0 unspecified atom stereocenters. The minimum Gasteiger partial charge on any atom is -0.491 e. The molecule has 0 aliphatic carbocycles. The van der Waals surface area contributed by atoms with E-state index < -0.39 is 0 Å². The van der Waals surface area contributed by atoms with Crippen LogP contribution in [-0.4, -0.2) is 44.6 Å². The zero-order chi connectivity index (χ0) is 13.4.